The van der Waals surface area contributed by atoms with E-state index in [-0.39, 0.29) is 17.3 Å². The van der Waals surface area contributed by atoms with Gasteiger partial charge in [0.1, 0.15) is 0 Å². The monoisotopic (exact) mass is 359 g/mol. The van der Waals surface area contributed by atoms with Crippen molar-refractivity contribution < 1.29 is 9.59 Å². The molecule has 1 amide bonds. The topological polar surface area (TPSA) is 46.2 Å². The highest BCUT2D eigenvalue weighted by atomic mass is 31.1. The van der Waals surface area contributed by atoms with Gasteiger partial charge in [0.2, 0.25) is 5.91 Å². The summed E-state index contributed by atoms with van der Waals surface area (Å²) >= 11 is 0. The Morgan fingerprint density at radius 1 is 1.00 bits per heavy atom. The fourth-order valence-electron chi connectivity index (χ4n) is 3.25. The molecular formula is C22H18NO2P. The molecule has 1 aliphatic heterocycles. The van der Waals surface area contributed by atoms with E-state index in [9.17, 15) is 9.59 Å². The van der Waals surface area contributed by atoms with Crippen LogP contribution in [0, 0.1) is 0 Å². The van der Waals surface area contributed by atoms with E-state index in [4.69, 9.17) is 0 Å². The van der Waals surface area contributed by atoms with Gasteiger partial charge in [-0.25, -0.2) is 0 Å². The molecule has 3 aromatic rings. The van der Waals surface area contributed by atoms with Crippen LogP contribution in [-0.4, -0.2) is 17.3 Å². The lowest BCUT2D eigenvalue weighted by Gasteiger charge is -2.18. The van der Waals surface area contributed by atoms with Gasteiger partial charge in [-0.15, -0.1) is 0 Å². The Hall–Kier alpha value is -2.77. The average molecular weight is 359 g/mol. The van der Waals surface area contributed by atoms with Gasteiger partial charge in [0.05, 0.1) is 0 Å². The summed E-state index contributed by atoms with van der Waals surface area (Å²) < 4.78 is 0. The van der Waals surface area contributed by atoms with E-state index < -0.39 is 0 Å². The lowest BCUT2D eigenvalue weighted by atomic mass is 9.93. The van der Waals surface area contributed by atoms with Gasteiger partial charge in [-0.2, -0.15) is 0 Å². The van der Waals surface area contributed by atoms with Crippen LogP contribution < -0.4 is 5.09 Å². The van der Waals surface area contributed by atoms with E-state index in [1.807, 2.05) is 66.7 Å². The van der Waals surface area contributed by atoms with Crippen LogP contribution in [0.3, 0.4) is 0 Å². The van der Waals surface area contributed by atoms with E-state index in [0.717, 1.165) is 28.3 Å². The van der Waals surface area contributed by atoms with Crippen LogP contribution in [-0.2, 0) is 11.2 Å². The van der Waals surface area contributed by atoms with Gasteiger partial charge >= 0.3 is 0 Å². The van der Waals surface area contributed by atoms with Crippen molar-refractivity contribution in [3.8, 4) is 0 Å². The standard InChI is InChI=1S/C22H18NO2P/c24-21-11-10-18(26-23-21)13-15-12-17-8-4-5-9-19(17)20(14-15)22(25)16-6-2-1-3-7-16/h1-12,14,18,26H,13H2,(H,23,24). The first-order valence-electron chi connectivity index (χ1n) is 8.56. The van der Waals surface area contributed by atoms with Crippen LogP contribution in [0.25, 0.3) is 10.8 Å². The fourth-order valence-corrected chi connectivity index (χ4v) is 4.19. The van der Waals surface area contributed by atoms with Crippen molar-refractivity contribution in [1.82, 2.24) is 5.09 Å². The maximum atomic E-state index is 13.1. The number of fused-ring (bicyclic) bond motifs is 1. The first-order chi connectivity index (χ1) is 12.7. The van der Waals surface area contributed by atoms with E-state index >= 15 is 0 Å². The third-order valence-corrected chi connectivity index (χ3v) is 5.68. The van der Waals surface area contributed by atoms with Crippen LogP contribution in [0.5, 0.6) is 0 Å². The molecule has 2 unspecified atom stereocenters. The molecule has 1 aliphatic rings. The maximum Gasteiger partial charge on any atom is 0.246 e. The van der Waals surface area contributed by atoms with Crippen molar-refractivity contribution in [2.75, 3.05) is 0 Å². The predicted molar refractivity (Wildman–Crippen MR) is 107 cm³/mol. The third-order valence-electron chi connectivity index (χ3n) is 4.52. The number of nitrogens with one attached hydrogen (secondary N) is 1. The highest BCUT2D eigenvalue weighted by Crippen LogP contribution is 2.28. The molecule has 0 radical (unpaired) electrons. The van der Waals surface area contributed by atoms with Gasteiger partial charge in [-0.3, -0.25) is 9.59 Å². The van der Waals surface area contributed by atoms with Gasteiger partial charge in [0.25, 0.3) is 0 Å². The molecule has 3 aromatic carbocycles. The predicted octanol–water partition coefficient (Wildman–Crippen LogP) is 4.26. The van der Waals surface area contributed by atoms with Gasteiger partial charge in [0.15, 0.2) is 5.78 Å². The van der Waals surface area contributed by atoms with Crippen LogP contribution >= 0.6 is 8.73 Å². The molecule has 0 aromatic heterocycles. The molecule has 1 heterocycles. The van der Waals surface area contributed by atoms with Crippen LogP contribution in [0.15, 0.2) is 78.9 Å². The fraction of sp³-hybridized carbons (Fsp3) is 0.0909. The van der Waals surface area contributed by atoms with Gasteiger partial charge in [-0.1, -0.05) is 66.7 Å². The highest BCUT2D eigenvalue weighted by molar-refractivity contribution is 7.38. The Kier molecular flexibility index (Phi) is 4.64. The largest absolute Gasteiger partial charge is 0.334 e. The minimum absolute atomic E-state index is 0.0296. The maximum absolute atomic E-state index is 13.1. The minimum atomic E-state index is -0.0296. The Labute approximate surface area is 154 Å². The Bertz CT molecular complexity index is 1010. The molecule has 4 heteroatoms. The van der Waals surface area contributed by atoms with E-state index in [2.05, 4.69) is 11.2 Å². The number of rotatable bonds is 4. The van der Waals surface area contributed by atoms with E-state index in [1.54, 1.807) is 6.08 Å². The number of carbonyl (C=O) groups is 2. The van der Waals surface area contributed by atoms with Crippen molar-refractivity contribution in [3.63, 3.8) is 0 Å². The van der Waals surface area contributed by atoms with Crippen molar-refractivity contribution in [1.29, 1.82) is 0 Å². The summed E-state index contributed by atoms with van der Waals surface area (Å²) in [6.07, 6.45) is 4.36. The zero-order valence-electron chi connectivity index (χ0n) is 14.1. The van der Waals surface area contributed by atoms with Gasteiger partial charge < -0.3 is 5.09 Å². The molecule has 0 bridgehead atoms. The van der Waals surface area contributed by atoms with Gasteiger partial charge in [0, 0.05) is 16.8 Å². The molecule has 0 spiro atoms. The summed E-state index contributed by atoms with van der Waals surface area (Å²) in [7, 11) is 0.368. The number of ketones is 1. The van der Waals surface area contributed by atoms with Crippen molar-refractivity contribution in [2.45, 2.75) is 12.1 Å². The van der Waals surface area contributed by atoms with E-state index in [1.165, 1.54) is 0 Å². The van der Waals surface area contributed by atoms with Crippen molar-refractivity contribution >= 4 is 31.2 Å². The molecule has 4 rings (SSSR count). The zero-order valence-corrected chi connectivity index (χ0v) is 15.1. The molecular weight excluding hydrogens is 341 g/mol. The summed E-state index contributed by atoms with van der Waals surface area (Å²) in [6.45, 7) is 0. The summed E-state index contributed by atoms with van der Waals surface area (Å²) in [6, 6.07) is 21.5. The lowest BCUT2D eigenvalue weighted by molar-refractivity contribution is -0.114. The summed E-state index contributed by atoms with van der Waals surface area (Å²) in [5.41, 5.74) is 2.81. The lowest BCUT2D eigenvalue weighted by Crippen LogP contribution is -2.21. The van der Waals surface area contributed by atoms with Crippen molar-refractivity contribution in [3.05, 3.63) is 95.6 Å². The Morgan fingerprint density at radius 3 is 2.54 bits per heavy atom. The summed E-state index contributed by atoms with van der Waals surface area (Å²) in [5.74, 6) is 0.0108. The molecule has 0 saturated carbocycles. The second-order valence-electron chi connectivity index (χ2n) is 6.36. The smallest absolute Gasteiger partial charge is 0.246 e. The van der Waals surface area contributed by atoms with Crippen LogP contribution in [0.2, 0.25) is 0 Å². The average Bonchev–Trinajstić information content (AvgIpc) is 2.69. The first kappa shape index (κ1) is 16.7. The van der Waals surface area contributed by atoms with Crippen LogP contribution in [0.4, 0.5) is 0 Å². The number of hydrogen-bond acceptors (Lipinski definition) is 2. The number of allylic oxidation sites excluding steroid dienone is 1. The molecule has 3 nitrogen and oxygen atoms in total. The highest BCUT2D eigenvalue weighted by Gasteiger charge is 2.17. The molecule has 26 heavy (non-hydrogen) atoms. The zero-order chi connectivity index (χ0) is 17.9. The molecule has 0 saturated heterocycles. The van der Waals surface area contributed by atoms with E-state index in [0.29, 0.717) is 14.3 Å². The quantitative estimate of drug-likeness (QED) is 0.559. The number of benzene rings is 3. The minimum Gasteiger partial charge on any atom is -0.334 e. The Balaban J connectivity index is 1.75. The molecule has 0 fully saturated rings. The first-order valence-corrected chi connectivity index (χ1v) is 9.63. The number of carbonyl (C=O) groups excluding carboxylic acids is 2. The van der Waals surface area contributed by atoms with Gasteiger partial charge in [-0.05, 0) is 43.6 Å². The third kappa shape index (κ3) is 3.44. The second-order valence-corrected chi connectivity index (χ2v) is 7.64. The molecule has 1 N–H and O–H groups in total. The molecule has 0 aliphatic carbocycles. The molecule has 2 atom stereocenters. The second kappa shape index (κ2) is 7.23. The summed E-state index contributed by atoms with van der Waals surface area (Å²) in [5, 5.41) is 4.93. The van der Waals surface area contributed by atoms with Crippen LogP contribution in [0.1, 0.15) is 21.5 Å². The normalized spacial score (nSPS) is 17.4. The summed E-state index contributed by atoms with van der Waals surface area (Å²) in [4.78, 5) is 24.4. The molecule has 128 valence electrons. The SMILES string of the molecule is O=C1C=CC(Cc2cc(C(=O)c3ccccc3)c3ccccc3c2)PN1. The number of hydrogen-bond donors (Lipinski definition) is 1. The Morgan fingerprint density at radius 2 is 1.77 bits per heavy atom. The van der Waals surface area contributed by atoms with Crippen molar-refractivity contribution in [2.24, 2.45) is 0 Å². The number of amides is 1.